The molecule has 2 N–H and O–H groups in total. The minimum absolute atomic E-state index is 0. The monoisotopic (exact) mass is 370 g/mol. The fourth-order valence-electron chi connectivity index (χ4n) is 0. The normalized spacial score (nSPS) is 13.8. The molecular formula is H2O6PbS2. The van der Waals surface area contributed by atoms with Crippen LogP contribution in [0.25, 0.3) is 0 Å². The third kappa shape index (κ3) is 401. The number of hydrogen-bond donors (Lipinski definition) is 2. The predicted octanol–water partition coefficient (Wildman–Crippen LogP) is -1.70. The van der Waals surface area contributed by atoms with Gasteiger partial charge in [-0.2, -0.15) is 0 Å². The molecule has 2 unspecified atom stereocenters. The van der Waals surface area contributed by atoms with Gasteiger partial charge in [-0.1, -0.05) is 0 Å². The van der Waals surface area contributed by atoms with Crippen molar-refractivity contribution in [1.82, 2.24) is 0 Å². The summed E-state index contributed by atoms with van der Waals surface area (Å²) in [5, 5.41) is 0. The maximum absolute atomic E-state index is 8.56. The fraction of sp³-hybridized carbons (Fsp3) is 0. The van der Waals surface area contributed by atoms with Gasteiger partial charge in [0.05, 0.1) is 22.7 Å². The summed E-state index contributed by atoms with van der Waals surface area (Å²) in [5.74, 6) is 0. The number of rotatable bonds is 0. The Morgan fingerprint density at radius 1 is 1.00 bits per heavy atom. The van der Waals surface area contributed by atoms with Crippen LogP contribution in [0.2, 0.25) is 0 Å². The first-order valence-electron chi connectivity index (χ1n) is 1.03. The van der Waals surface area contributed by atoms with Crippen LogP contribution < -0.4 is 0 Å². The van der Waals surface area contributed by atoms with Crippen LogP contribution in [0.3, 0.4) is 0 Å². The van der Waals surface area contributed by atoms with Crippen LogP contribution in [-0.4, -0.2) is 53.9 Å². The van der Waals surface area contributed by atoms with Gasteiger partial charge < -0.3 is 18.2 Å². The van der Waals surface area contributed by atoms with E-state index in [0.29, 0.717) is 0 Å². The van der Waals surface area contributed by atoms with Crippen molar-refractivity contribution >= 4 is 50.0 Å². The molecule has 54 valence electrons. The maximum Gasteiger partial charge on any atom is 2.00 e. The Kier molecular flexibility index (Phi) is 21.7. The molecule has 0 rings (SSSR count). The Labute approximate surface area is 76.4 Å². The molecule has 6 nitrogen and oxygen atoms in total. The topological polar surface area (TPSA) is 121 Å². The molecule has 0 spiro atoms. The summed E-state index contributed by atoms with van der Waals surface area (Å²) in [7, 11) is 0. The summed E-state index contributed by atoms with van der Waals surface area (Å²) >= 11 is -5.72. The summed E-state index contributed by atoms with van der Waals surface area (Å²) in [6.07, 6.45) is 0. The molecule has 0 heterocycles. The Morgan fingerprint density at radius 3 is 1.00 bits per heavy atom. The predicted molar refractivity (Wildman–Crippen MR) is 28.9 cm³/mol. The SMILES string of the molecule is O=S([O-])O.O=S([O-])O.[Pb+2]. The van der Waals surface area contributed by atoms with Crippen molar-refractivity contribution in [3.05, 3.63) is 0 Å². The molecule has 9 heavy (non-hydrogen) atoms. The van der Waals surface area contributed by atoms with Crippen molar-refractivity contribution in [3.63, 3.8) is 0 Å². The van der Waals surface area contributed by atoms with Gasteiger partial charge in [0, 0.05) is 0 Å². The molecule has 0 aliphatic carbocycles. The maximum atomic E-state index is 8.56. The van der Waals surface area contributed by atoms with Crippen molar-refractivity contribution in [3.8, 4) is 0 Å². The fourth-order valence-corrected chi connectivity index (χ4v) is 0. The van der Waals surface area contributed by atoms with Gasteiger partial charge in [0.2, 0.25) is 0 Å². The molecule has 0 aromatic rings. The van der Waals surface area contributed by atoms with E-state index in [1.165, 1.54) is 0 Å². The largest absolute Gasteiger partial charge is 2.00 e. The van der Waals surface area contributed by atoms with E-state index in [4.69, 9.17) is 26.6 Å². The second kappa shape index (κ2) is 11.8. The molecule has 0 saturated heterocycles. The second-order valence-electron chi connectivity index (χ2n) is 0.434. The van der Waals surface area contributed by atoms with E-state index in [1.807, 2.05) is 0 Å². The summed E-state index contributed by atoms with van der Waals surface area (Å²) < 4.78 is 48.2. The quantitative estimate of drug-likeness (QED) is 0.388. The third-order valence-corrected chi connectivity index (χ3v) is 0. The van der Waals surface area contributed by atoms with Crippen LogP contribution in [0.5, 0.6) is 0 Å². The second-order valence-corrected chi connectivity index (χ2v) is 1.30. The van der Waals surface area contributed by atoms with E-state index >= 15 is 0 Å². The molecular weight excluding hydrogens is 367 g/mol. The van der Waals surface area contributed by atoms with Crippen molar-refractivity contribution in [2.75, 3.05) is 0 Å². The van der Waals surface area contributed by atoms with Gasteiger partial charge in [0.15, 0.2) is 0 Å². The molecule has 2 atom stereocenters. The summed E-state index contributed by atoms with van der Waals surface area (Å²) in [6.45, 7) is 0. The zero-order chi connectivity index (χ0) is 7.15. The molecule has 0 aliphatic rings. The van der Waals surface area contributed by atoms with Crippen LogP contribution in [0.15, 0.2) is 0 Å². The molecule has 0 amide bonds. The van der Waals surface area contributed by atoms with Crippen LogP contribution in [-0.2, 0) is 22.7 Å². The third-order valence-electron chi connectivity index (χ3n) is 0. The van der Waals surface area contributed by atoms with Crippen LogP contribution >= 0.6 is 0 Å². The van der Waals surface area contributed by atoms with Gasteiger partial charge in [-0.15, -0.1) is 0 Å². The first kappa shape index (κ1) is 16.6. The van der Waals surface area contributed by atoms with Gasteiger partial charge in [-0.25, -0.2) is 8.42 Å². The summed E-state index contributed by atoms with van der Waals surface area (Å²) in [6, 6.07) is 0. The van der Waals surface area contributed by atoms with Crippen LogP contribution in [0.1, 0.15) is 0 Å². The molecule has 0 aliphatic heterocycles. The molecule has 0 fully saturated rings. The summed E-state index contributed by atoms with van der Waals surface area (Å²) in [5.41, 5.74) is 0. The molecule has 9 heteroatoms. The van der Waals surface area contributed by atoms with Crippen molar-refractivity contribution in [1.29, 1.82) is 0 Å². The molecule has 2 radical (unpaired) electrons. The smallest absolute Gasteiger partial charge is 0.750 e. The first-order valence-corrected chi connectivity index (χ1v) is 3.10. The standard InChI is InChI=1S/2H2O3S.Pb/c2*1-4(2)3;/h2*(H2,1,2,3);/q;;+2/p-2. The van der Waals surface area contributed by atoms with Crippen molar-refractivity contribution in [2.24, 2.45) is 0 Å². The van der Waals surface area contributed by atoms with Crippen LogP contribution in [0.4, 0.5) is 0 Å². The zero-order valence-corrected chi connectivity index (χ0v) is 9.36. The average Bonchev–Trinajstić information content (AvgIpc) is 1.25. The Hall–Kier alpha value is 1.06. The Bertz CT molecular complexity index is 69.1. The van der Waals surface area contributed by atoms with Crippen molar-refractivity contribution in [2.45, 2.75) is 0 Å². The molecule has 0 saturated carbocycles. The average molecular weight is 369 g/mol. The zero-order valence-electron chi connectivity index (χ0n) is 3.84. The van der Waals surface area contributed by atoms with E-state index in [1.54, 1.807) is 0 Å². The van der Waals surface area contributed by atoms with E-state index in [2.05, 4.69) is 0 Å². The van der Waals surface area contributed by atoms with E-state index in [0.717, 1.165) is 0 Å². The number of hydrogen-bond acceptors (Lipinski definition) is 4. The van der Waals surface area contributed by atoms with E-state index in [9.17, 15) is 0 Å². The van der Waals surface area contributed by atoms with Gasteiger partial charge >= 0.3 is 27.3 Å². The minimum Gasteiger partial charge on any atom is -0.750 e. The Balaban J connectivity index is -0.0000000720. The molecule has 0 aromatic heterocycles. The minimum atomic E-state index is -2.86. The van der Waals surface area contributed by atoms with Gasteiger partial charge in [-0.3, -0.25) is 0 Å². The summed E-state index contributed by atoms with van der Waals surface area (Å²) in [4.78, 5) is 0. The van der Waals surface area contributed by atoms with E-state index in [-0.39, 0.29) is 27.3 Å². The van der Waals surface area contributed by atoms with E-state index < -0.39 is 22.7 Å². The van der Waals surface area contributed by atoms with Gasteiger partial charge in [0.1, 0.15) is 0 Å². The van der Waals surface area contributed by atoms with Crippen molar-refractivity contribution < 1.29 is 26.6 Å². The molecule has 0 aromatic carbocycles. The van der Waals surface area contributed by atoms with Crippen LogP contribution in [0, 0.1) is 0 Å². The molecule has 0 bridgehead atoms. The van der Waals surface area contributed by atoms with Gasteiger partial charge in [0.25, 0.3) is 0 Å². The van der Waals surface area contributed by atoms with Gasteiger partial charge in [-0.05, 0) is 0 Å². The first-order chi connectivity index (χ1) is 3.46. The Morgan fingerprint density at radius 2 is 1.00 bits per heavy atom.